The fourth-order valence-corrected chi connectivity index (χ4v) is 4.00. The molecule has 1 unspecified atom stereocenters. The zero-order chi connectivity index (χ0) is 13.9. The third-order valence-electron chi connectivity index (χ3n) is 3.20. The Labute approximate surface area is 113 Å². The molecule has 1 amide bonds. The molecule has 5 nitrogen and oxygen atoms in total. The predicted molar refractivity (Wildman–Crippen MR) is 74.6 cm³/mol. The molecule has 0 radical (unpaired) electrons. The number of nitrogens with two attached hydrogens (primary N) is 1. The van der Waals surface area contributed by atoms with Gasteiger partial charge in [-0.3, -0.25) is 4.79 Å². The molecule has 1 aliphatic heterocycles. The van der Waals surface area contributed by atoms with Gasteiger partial charge in [0.1, 0.15) is 0 Å². The van der Waals surface area contributed by atoms with Gasteiger partial charge in [-0.2, -0.15) is 0 Å². The lowest BCUT2D eigenvalue weighted by Crippen LogP contribution is -2.35. The van der Waals surface area contributed by atoms with E-state index < -0.39 is 15.7 Å². The summed E-state index contributed by atoms with van der Waals surface area (Å²) < 4.78 is 23.2. The topological polar surface area (TPSA) is 89.3 Å². The third-order valence-corrected chi connectivity index (χ3v) is 5.03. The maximum atomic E-state index is 11.6. The van der Waals surface area contributed by atoms with Gasteiger partial charge in [0.05, 0.1) is 17.9 Å². The summed E-state index contributed by atoms with van der Waals surface area (Å²) in [7, 11) is -2.94. The predicted octanol–water partition coefficient (Wildman–Crippen LogP) is 0.703. The van der Waals surface area contributed by atoms with E-state index in [-0.39, 0.29) is 24.0 Å². The van der Waals surface area contributed by atoms with E-state index in [2.05, 4.69) is 5.32 Å². The van der Waals surface area contributed by atoms with Crippen LogP contribution in [0.2, 0.25) is 0 Å². The highest BCUT2D eigenvalue weighted by Gasteiger charge is 2.24. The van der Waals surface area contributed by atoms with Gasteiger partial charge in [-0.25, -0.2) is 8.42 Å². The van der Waals surface area contributed by atoms with Crippen LogP contribution < -0.4 is 11.1 Å². The van der Waals surface area contributed by atoms with Gasteiger partial charge < -0.3 is 11.1 Å². The second kappa shape index (κ2) is 5.61. The molecule has 0 saturated carbocycles. The number of carbonyl (C=O) groups excluding carboxylic acids is 1. The van der Waals surface area contributed by atoms with Crippen LogP contribution in [0.1, 0.15) is 18.4 Å². The first-order valence-corrected chi connectivity index (χ1v) is 8.11. The standard InChI is InChI=1S/C13H18N2O3S/c14-13(16)8-10-4-1-2-6-12(10)15-11-5-3-7-19(17,18)9-11/h1-2,4,6,11,15H,3,5,7-9H2,(H2,14,16). The van der Waals surface area contributed by atoms with Gasteiger partial charge in [0.25, 0.3) is 0 Å². The van der Waals surface area contributed by atoms with Crippen molar-refractivity contribution in [3.8, 4) is 0 Å². The van der Waals surface area contributed by atoms with E-state index in [0.29, 0.717) is 6.42 Å². The van der Waals surface area contributed by atoms with E-state index in [4.69, 9.17) is 5.73 Å². The Kier molecular flexibility index (Phi) is 4.09. The Hall–Kier alpha value is -1.56. The summed E-state index contributed by atoms with van der Waals surface area (Å²) >= 11 is 0. The highest BCUT2D eigenvalue weighted by Crippen LogP contribution is 2.21. The van der Waals surface area contributed by atoms with Crippen molar-refractivity contribution < 1.29 is 13.2 Å². The van der Waals surface area contributed by atoms with Gasteiger partial charge >= 0.3 is 0 Å². The number of benzene rings is 1. The Morgan fingerprint density at radius 3 is 2.79 bits per heavy atom. The van der Waals surface area contributed by atoms with Crippen LogP contribution >= 0.6 is 0 Å². The number of hydrogen-bond donors (Lipinski definition) is 2. The maximum absolute atomic E-state index is 11.6. The van der Waals surface area contributed by atoms with E-state index in [0.717, 1.165) is 17.7 Å². The fourth-order valence-electron chi connectivity index (χ4n) is 2.36. The minimum Gasteiger partial charge on any atom is -0.381 e. The number of nitrogens with one attached hydrogen (secondary N) is 1. The third kappa shape index (κ3) is 3.96. The zero-order valence-electron chi connectivity index (χ0n) is 10.6. The van der Waals surface area contributed by atoms with Crippen LogP contribution in [-0.4, -0.2) is 31.9 Å². The molecule has 1 fully saturated rings. The van der Waals surface area contributed by atoms with Gasteiger partial charge in [-0.05, 0) is 24.5 Å². The molecule has 1 atom stereocenters. The minimum absolute atomic E-state index is 0.0900. The smallest absolute Gasteiger partial charge is 0.221 e. The number of para-hydroxylation sites is 1. The quantitative estimate of drug-likeness (QED) is 0.851. The lowest BCUT2D eigenvalue weighted by Gasteiger charge is -2.25. The monoisotopic (exact) mass is 282 g/mol. The number of amides is 1. The molecule has 1 saturated heterocycles. The van der Waals surface area contributed by atoms with Crippen molar-refractivity contribution in [1.82, 2.24) is 0 Å². The zero-order valence-corrected chi connectivity index (χ0v) is 11.4. The lowest BCUT2D eigenvalue weighted by molar-refractivity contribution is -0.117. The summed E-state index contributed by atoms with van der Waals surface area (Å²) in [6, 6.07) is 7.27. The second-order valence-corrected chi connectivity index (χ2v) is 7.13. The first-order chi connectivity index (χ1) is 8.96. The summed E-state index contributed by atoms with van der Waals surface area (Å²) in [5.74, 6) is 0.0250. The van der Waals surface area contributed by atoms with E-state index in [1.807, 2.05) is 24.3 Å². The van der Waals surface area contributed by atoms with Crippen LogP contribution in [0.4, 0.5) is 5.69 Å². The van der Waals surface area contributed by atoms with E-state index in [1.54, 1.807) is 0 Å². The lowest BCUT2D eigenvalue weighted by atomic mass is 10.1. The normalized spacial score (nSPS) is 21.8. The Bertz CT molecular complexity index is 569. The molecule has 0 bridgehead atoms. The first kappa shape index (κ1) is 13.9. The molecule has 1 aliphatic rings. The SMILES string of the molecule is NC(=O)Cc1ccccc1NC1CCCS(=O)(=O)C1. The number of sulfone groups is 1. The summed E-state index contributed by atoms with van der Waals surface area (Å²) in [4.78, 5) is 11.0. The fraction of sp³-hybridized carbons (Fsp3) is 0.462. The molecule has 19 heavy (non-hydrogen) atoms. The number of anilines is 1. The van der Waals surface area contributed by atoms with Gasteiger partial charge in [0, 0.05) is 11.7 Å². The summed E-state index contributed by atoms with van der Waals surface area (Å²) in [6.45, 7) is 0. The van der Waals surface area contributed by atoms with E-state index >= 15 is 0 Å². The molecule has 1 aromatic rings. The van der Waals surface area contributed by atoms with Gasteiger partial charge in [-0.15, -0.1) is 0 Å². The van der Waals surface area contributed by atoms with Crippen molar-refractivity contribution in [1.29, 1.82) is 0 Å². The van der Waals surface area contributed by atoms with Crippen molar-refractivity contribution in [3.05, 3.63) is 29.8 Å². The van der Waals surface area contributed by atoms with E-state index in [9.17, 15) is 13.2 Å². The second-order valence-electron chi connectivity index (χ2n) is 4.90. The summed E-state index contributed by atoms with van der Waals surface area (Å²) in [5.41, 5.74) is 6.81. The largest absolute Gasteiger partial charge is 0.381 e. The molecule has 2 rings (SSSR count). The molecule has 3 N–H and O–H groups in total. The molecule has 0 spiro atoms. The first-order valence-electron chi connectivity index (χ1n) is 6.29. The maximum Gasteiger partial charge on any atom is 0.221 e. The Morgan fingerprint density at radius 2 is 2.11 bits per heavy atom. The van der Waals surface area contributed by atoms with Crippen molar-refractivity contribution in [2.24, 2.45) is 5.73 Å². The molecule has 1 heterocycles. The van der Waals surface area contributed by atoms with Crippen LogP contribution in [0.5, 0.6) is 0 Å². The highest BCUT2D eigenvalue weighted by molar-refractivity contribution is 7.91. The Morgan fingerprint density at radius 1 is 1.37 bits per heavy atom. The molecule has 1 aromatic carbocycles. The van der Waals surface area contributed by atoms with E-state index in [1.165, 1.54) is 0 Å². The van der Waals surface area contributed by atoms with Gasteiger partial charge in [-0.1, -0.05) is 18.2 Å². The summed E-state index contributed by atoms with van der Waals surface area (Å²) in [6.07, 6.45) is 1.66. The number of rotatable bonds is 4. The van der Waals surface area contributed by atoms with Crippen LogP contribution in [0, 0.1) is 0 Å². The number of carbonyl (C=O) groups is 1. The molecular formula is C13H18N2O3S. The molecule has 0 aromatic heterocycles. The molecule has 6 heteroatoms. The van der Waals surface area contributed by atoms with Crippen molar-refractivity contribution in [2.75, 3.05) is 16.8 Å². The van der Waals surface area contributed by atoms with Gasteiger partial charge in [0.2, 0.25) is 5.91 Å². The van der Waals surface area contributed by atoms with Crippen molar-refractivity contribution in [3.63, 3.8) is 0 Å². The van der Waals surface area contributed by atoms with Gasteiger partial charge in [0.15, 0.2) is 9.84 Å². The highest BCUT2D eigenvalue weighted by atomic mass is 32.2. The minimum atomic E-state index is -2.94. The summed E-state index contributed by atoms with van der Waals surface area (Å²) in [5, 5.41) is 3.22. The molecule has 104 valence electrons. The Balaban J connectivity index is 2.12. The van der Waals surface area contributed by atoms with Crippen LogP contribution in [0.3, 0.4) is 0 Å². The van der Waals surface area contributed by atoms with Crippen molar-refractivity contribution in [2.45, 2.75) is 25.3 Å². The molecular weight excluding hydrogens is 264 g/mol. The number of primary amides is 1. The van der Waals surface area contributed by atoms with Crippen LogP contribution in [0.25, 0.3) is 0 Å². The van der Waals surface area contributed by atoms with Crippen molar-refractivity contribution >= 4 is 21.4 Å². The van der Waals surface area contributed by atoms with Crippen LogP contribution in [-0.2, 0) is 21.1 Å². The average Bonchev–Trinajstić information content (AvgIpc) is 2.30. The molecule has 0 aliphatic carbocycles. The number of hydrogen-bond acceptors (Lipinski definition) is 4. The van der Waals surface area contributed by atoms with Crippen LogP contribution in [0.15, 0.2) is 24.3 Å². The average molecular weight is 282 g/mol.